The minimum absolute atomic E-state index is 0. The number of piperazine rings is 1. The van der Waals surface area contributed by atoms with Crippen LogP contribution in [-0.4, -0.2) is 35.9 Å². The zero-order valence-electron chi connectivity index (χ0n) is 15.1. The Morgan fingerprint density at radius 3 is 2.40 bits per heavy atom. The van der Waals surface area contributed by atoms with Gasteiger partial charge in [-0.25, -0.2) is 0 Å². The molecule has 2 heterocycles. The predicted octanol–water partition coefficient (Wildman–Crippen LogP) is 3.13. The molecule has 1 atom stereocenters. The highest BCUT2D eigenvalue weighted by Gasteiger charge is 2.30. The van der Waals surface area contributed by atoms with Crippen molar-refractivity contribution in [2.75, 3.05) is 29.4 Å². The van der Waals surface area contributed by atoms with Gasteiger partial charge in [-0.3, -0.25) is 0 Å². The highest BCUT2D eigenvalue weighted by Crippen LogP contribution is 2.26. The number of anilines is 2. The fourth-order valence-electron chi connectivity index (χ4n) is 2.97. The fourth-order valence-corrected chi connectivity index (χ4v) is 2.97. The molecule has 6 nitrogen and oxygen atoms in total. The lowest BCUT2D eigenvalue weighted by Gasteiger charge is -2.40. The van der Waals surface area contributed by atoms with Crippen LogP contribution >= 0.6 is 24.8 Å². The zero-order chi connectivity index (χ0) is 16.6. The van der Waals surface area contributed by atoms with E-state index in [0.717, 1.165) is 19.6 Å². The number of aryl methyl sites for hydroxylation is 1. The first-order valence-electron chi connectivity index (χ1n) is 8.06. The van der Waals surface area contributed by atoms with Crippen molar-refractivity contribution in [2.24, 2.45) is 5.73 Å². The van der Waals surface area contributed by atoms with Crippen LogP contribution in [0, 0.1) is 6.92 Å². The van der Waals surface area contributed by atoms with Gasteiger partial charge in [-0.2, -0.15) is 0 Å². The second kappa shape index (κ2) is 8.25. The Morgan fingerprint density at radius 1 is 1.16 bits per heavy atom. The molecule has 1 saturated heterocycles. The van der Waals surface area contributed by atoms with E-state index in [1.54, 1.807) is 0 Å². The number of aromatic nitrogens is 2. The standard InChI is InChI=1S/C17H25N5O.2ClH/c1-12-7-5-6-8-14(12)21-9-10-22(13(2)11-21)16-20-19-15(23-16)17(3,4)18;;/h5-8,13H,9-11,18H2,1-4H3;2*1H. The molecule has 1 aromatic carbocycles. The van der Waals surface area contributed by atoms with E-state index in [2.05, 4.69) is 58.1 Å². The second-order valence-corrected chi connectivity index (χ2v) is 6.89. The number of nitrogens with zero attached hydrogens (tertiary/aromatic N) is 4. The summed E-state index contributed by atoms with van der Waals surface area (Å²) < 4.78 is 5.78. The molecule has 0 bridgehead atoms. The van der Waals surface area contributed by atoms with Gasteiger partial charge in [0, 0.05) is 31.4 Å². The number of halogens is 2. The summed E-state index contributed by atoms with van der Waals surface area (Å²) in [4.78, 5) is 4.58. The predicted molar refractivity (Wildman–Crippen MR) is 106 cm³/mol. The summed E-state index contributed by atoms with van der Waals surface area (Å²) in [7, 11) is 0. The van der Waals surface area contributed by atoms with Gasteiger partial charge < -0.3 is 20.0 Å². The van der Waals surface area contributed by atoms with Crippen molar-refractivity contribution in [3.8, 4) is 0 Å². The summed E-state index contributed by atoms with van der Waals surface area (Å²) in [5.41, 5.74) is 8.02. The van der Waals surface area contributed by atoms with E-state index in [9.17, 15) is 0 Å². The van der Waals surface area contributed by atoms with Crippen molar-refractivity contribution in [1.29, 1.82) is 0 Å². The van der Waals surface area contributed by atoms with Gasteiger partial charge in [0.1, 0.15) is 0 Å². The van der Waals surface area contributed by atoms with E-state index in [-0.39, 0.29) is 30.9 Å². The van der Waals surface area contributed by atoms with Crippen LogP contribution < -0.4 is 15.5 Å². The molecule has 0 aliphatic carbocycles. The van der Waals surface area contributed by atoms with Crippen LogP contribution in [0.25, 0.3) is 0 Å². The lowest BCUT2D eigenvalue weighted by molar-refractivity contribution is 0.370. The smallest absolute Gasteiger partial charge is 0.318 e. The Balaban J connectivity index is 0.00000156. The van der Waals surface area contributed by atoms with Crippen LogP contribution in [0.1, 0.15) is 32.2 Å². The molecule has 140 valence electrons. The molecule has 25 heavy (non-hydrogen) atoms. The summed E-state index contributed by atoms with van der Waals surface area (Å²) in [5.74, 6) is 0.473. The second-order valence-electron chi connectivity index (χ2n) is 6.89. The van der Waals surface area contributed by atoms with Gasteiger partial charge in [0.2, 0.25) is 5.89 Å². The maximum absolute atomic E-state index is 6.03. The average Bonchev–Trinajstić information content (AvgIpc) is 2.97. The molecule has 0 amide bonds. The number of rotatable bonds is 3. The third-order valence-electron chi connectivity index (χ3n) is 4.29. The zero-order valence-corrected chi connectivity index (χ0v) is 16.7. The Bertz CT molecular complexity index is 686. The number of hydrogen-bond acceptors (Lipinski definition) is 6. The topological polar surface area (TPSA) is 71.4 Å². The summed E-state index contributed by atoms with van der Waals surface area (Å²) in [5, 5.41) is 8.27. The first-order valence-corrected chi connectivity index (χ1v) is 8.06. The molecule has 1 aliphatic heterocycles. The summed E-state index contributed by atoms with van der Waals surface area (Å²) in [6, 6.07) is 9.35. The SMILES string of the molecule is Cc1ccccc1N1CCN(c2nnc(C(C)(C)N)o2)C(C)C1.Cl.Cl. The van der Waals surface area contributed by atoms with Crippen LogP contribution in [0.15, 0.2) is 28.7 Å². The van der Waals surface area contributed by atoms with Crippen molar-refractivity contribution in [1.82, 2.24) is 10.2 Å². The number of para-hydroxylation sites is 1. The van der Waals surface area contributed by atoms with E-state index in [1.807, 2.05) is 13.8 Å². The Hall–Kier alpha value is -1.50. The molecule has 1 unspecified atom stereocenters. The van der Waals surface area contributed by atoms with Crippen molar-refractivity contribution in [2.45, 2.75) is 39.3 Å². The quantitative estimate of drug-likeness (QED) is 0.871. The highest BCUT2D eigenvalue weighted by atomic mass is 35.5. The minimum Gasteiger partial charge on any atom is -0.406 e. The molecule has 8 heteroatoms. The maximum Gasteiger partial charge on any atom is 0.318 e. The van der Waals surface area contributed by atoms with Crippen molar-refractivity contribution >= 4 is 36.5 Å². The highest BCUT2D eigenvalue weighted by molar-refractivity contribution is 5.85. The van der Waals surface area contributed by atoms with Crippen LogP contribution in [0.3, 0.4) is 0 Å². The normalized spacial score (nSPS) is 17.7. The van der Waals surface area contributed by atoms with Gasteiger partial charge >= 0.3 is 6.01 Å². The van der Waals surface area contributed by atoms with Crippen LogP contribution in [-0.2, 0) is 5.54 Å². The lowest BCUT2D eigenvalue weighted by Crippen LogP contribution is -2.52. The molecule has 1 aliphatic rings. The van der Waals surface area contributed by atoms with Crippen LogP contribution in [0.4, 0.5) is 11.7 Å². The maximum atomic E-state index is 6.03. The first kappa shape index (κ1) is 21.5. The van der Waals surface area contributed by atoms with Crippen LogP contribution in [0.2, 0.25) is 0 Å². The van der Waals surface area contributed by atoms with E-state index < -0.39 is 5.54 Å². The number of nitrogens with two attached hydrogens (primary N) is 1. The van der Waals surface area contributed by atoms with Gasteiger partial charge in [-0.15, -0.1) is 29.9 Å². The largest absolute Gasteiger partial charge is 0.406 e. The van der Waals surface area contributed by atoms with Gasteiger partial charge in [0.05, 0.1) is 5.54 Å². The molecular weight excluding hydrogens is 361 g/mol. The van der Waals surface area contributed by atoms with Gasteiger partial charge in [0.25, 0.3) is 0 Å². The summed E-state index contributed by atoms with van der Waals surface area (Å²) in [6.45, 7) is 10.8. The van der Waals surface area contributed by atoms with Crippen molar-refractivity contribution < 1.29 is 4.42 Å². The Labute approximate surface area is 161 Å². The van der Waals surface area contributed by atoms with Gasteiger partial charge in [0.15, 0.2) is 0 Å². The molecule has 1 aromatic heterocycles. The van der Waals surface area contributed by atoms with E-state index >= 15 is 0 Å². The average molecular weight is 388 g/mol. The third-order valence-corrected chi connectivity index (χ3v) is 4.29. The monoisotopic (exact) mass is 387 g/mol. The number of benzene rings is 1. The Kier molecular flexibility index (Phi) is 7.11. The van der Waals surface area contributed by atoms with Crippen LogP contribution in [0.5, 0.6) is 0 Å². The first-order chi connectivity index (χ1) is 10.9. The van der Waals surface area contributed by atoms with E-state index in [1.165, 1.54) is 11.3 Å². The molecule has 3 rings (SSSR count). The molecule has 2 aromatic rings. The number of hydrogen-bond donors (Lipinski definition) is 1. The van der Waals surface area contributed by atoms with E-state index in [0.29, 0.717) is 11.9 Å². The Morgan fingerprint density at radius 2 is 1.84 bits per heavy atom. The van der Waals surface area contributed by atoms with E-state index in [4.69, 9.17) is 10.2 Å². The fraction of sp³-hybridized carbons (Fsp3) is 0.529. The van der Waals surface area contributed by atoms with Crippen molar-refractivity contribution in [3.63, 3.8) is 0 Å². The molecule has 1 fully saturated rings. The molecule has 0 saturated carbocycles. The van der Waals surface area contributed by atoms with Gasteiger partial charge in [-0.1, -0.05) is 23.3 Å². The summed E-state index contributed by atoms with van der Waals surface area (Å²) in [6.07, 6.45) is 0. The summed E-state index contributed by atoms with van der Waals surface area (Å²) >= 11 is 0. The molecule has 2 N–H and O–H groups in total. The van der Waals surface area contributed by atoms with Gasteiger partial charge in [-0.05, 0) is 39.3 Å². The molecule has 0 spiro atoms. The van der Waals surface area contributed by atoms with Crippen molar-refractivity contribution in [3.05, 3.63) is 35.7 Å². The molecular formula is C17H27Cl2N5O. The lowest BCUT2D eigenvalue weighted by atomic mass is 10.1. The third kappa shape index (κ3) is 4.57. The minimum atomic E-state index is -0.614. The molecule has 0 radical (unpaired) electrons.